The van der Waals surface area contributed by atoms with Crippen molar-refractivity contribution in [2.45, 2.75) is 19.3 Å². The first-order valence-electron chi connectivity index (χ1n) is 7.16. The molecule has 0 fully saturated rings. The monoisotopic (exact) mass is 317 g/mol. The number of hydrogen-bond acceptors (Lipinski definition) is 4. The Labute approximate surface area is 134 Å². The minimum Gasteiger partial charge on any atom is -0.496 e. The molecule has 0 aliphatic heterocycles. The maximum Gasteiger partial charge on any atom is 0.220 e. The quantitative estimate of drug-likeness (QED) is 0.761. The molecule has 1 aromatic carbocycles. The average Bonchev–Trinajstić information content (AvgIpc) is 3.07. The van der Waals surface area contributed by atoms with Crippen LogP contribution in [0, 0.1) is 0 Å². The number of nitrogens with one attached hydrogen (secondary N) is 1. The number of ketones is 1. The molecule has 1 amide bonds. The lowest BCUT2D eigenvalue weighted by Crippen LogP contribution is -2.26. The molecule has 0 radical (unpaired) electrons. The minimum absolute atomic E-state index is 0.0230. The number of benzene rings is 1. The normalized spacial score (nSPS) is 10.2. The van der Waals surface area contributed by atoms with Gasteiger partial charge in [-0.3, -0.25) is 9.59 Å². The molecule has 5 heteroatoms. The molecular weight excluding hydrogens is 298 g/mol. The zero-order valence-corrected chi connectivity index (χ0v) is 13.3. The lowest BCUT2D eigenvalue weighted by atomic mass is 10.1. The topological polar surface area (TPSA) is 55.4 Å². The van der Waals surface area contributed by atoms with E-state index in [0.29, 0.717) is 17.8 Å². The van der Waals surface area contributed by atoms with E-state index >= 15 is 0 Å². The fourth-order valence-electron chi connectivity index (χ4n) is 2.12. The van der Waals surface area contributed by atoms with Gasteiger partial charge in [0.25, 0.3) is 0 Å². The van der Waals surface area contributed by atoms with Gasteiger partial charge in [-0.2, -0.15) is 0 Å². The maximum atomic E-state index is 11.8. The minimum atomic E-state index is -0.0974. The van der Waals surface area contributed by atoms with E-state index in [1.807, 2.05) is 35.7 Å². The second-order valence-electron chi connectivity index (χ2n) is 4.81. The van der Waals surface area contributed by atoms with Gasteiger partial charge in [-0.15, -0.1) is 11.3 Å². The highest BCUT2D eigenvalue weighted by Crippen LogP contribution is 2.17. The van der Waals surface area contributed by atoms with Crippen LogP contribution in [0.5, 0.6) is 5.75 Å². The molecule has 0 saturated carbocycles. The van der Waals surface area contributed by atoms with Gasteiger partial charge >= 0.3 is 0 Å². The Hall–Kier alpha value is -2.14. The smallest absolute Gasteiger partial charge is 0.220 e. The molecule has 2 aromatic rings. The average molecular weight is 317 g/mol. The highest BCUT2D eigenvalue weighted by Gasteiger charge is 2.10. The number of methoxy groups -OCH3 is 1. The van der Waals surface area contributed by atoms with Crippen LogP contribution in [0.1, 0.15) is 28.1 Å². The van der Waals surface area contributed by atoms with Gasteiger partial charge in [-0.05, 0) is 29.5 Å². The van der Waals surface area contributed by atoms with Crippen LogP contribution in [-0.4, -0.2) is 25.3 Å². The largest absolute Gasteiger partial charge is 0.496 e. The summed E-state index contributed by atoms with van der Waals surface area (Å²) >= 11 is 1.41. The van der Waals surface area contributed by atoms with Gasteiger partial charge in [-0.1, -0.05) is 24.3 Å². The molecule has 22 heavy (non-hydrogen) atoms. The van der Waals surface area contributed by atoms with Crippen molar-refractivity contribution >= 4 is 23.0 Å². The van der Waals surface area contributed by atoms with Crippen molar-refractivity contribution in [3.8, 4) is 5.75 Å². The fourth-order valence-corrected chi connectivity index (χ4v) is 2.82. The summed E-state index contributed by atoms with van der Waals surface area (Å²) in [4.78, 5) is 24.3. The molecule has 0 unspecified atom stereocenters. The van der Waals surface area contributed by atoms with Gasteiger partial charge in [0.05, 0.1) is 12.0 Å². The van der Waals surface area contributed by atoms with Crippen LogP contribution < -0.4 is 10.1 Å². The van der Waals surface area contributed by atoms with Gasteiger partial charge in [0.15, 0.2) is 5.78 Å². The summed E-state index contributed by atoms with van der Waals surface area (Å²) in [5.41, 5.74) is 1.06. The SMILES string of the molecule is COc1ccccc1CCNC(=O)CCC(=O)c1cccs1. The Morgan fingerprint density at radius 2 is 1.95 bits per heavy atom. The first-order chi connectivity index (χ1) is 10.7. The third kappa shape index (κ3) is 4.70. The standard InChI is InChI=1S/C17H19NO3S/c1-21-15-6-3-2-5-13(15)10-11-18-17(20)9-8-14(19)16-7-4-12-22-16/h2-7,12H,8-11H2,1H3,(H,18,20). The summed E-state index contributed by atoms with van der Waals surface area (Å²) in [5, 5.41) is 4.70. The molecule has 1 N–H and O–H groups in total. The first-order valence-corrected chi connectivity index (χ1v) is 8.04. The Bertz CT molecular complexity index is 623. The van der Waals surface area contributed by atoms with Crippen LogP contribution in [0.15, 0.2) is 41.8 Å². The van der Waals surface area contributed by atoms with Crippen LogP contribution in [0.2, 0.25) is 0 Å². The van der Waals surface area contributed by atoms with Crippen molar-refractivity contribution in [2.24, 2.45) is 0 Å². The van der Waals surface area contributed by atoms with E-state index in [-0.39, 0.29) is 24.5 Å². The van der Waals surface area contributed by atoms with Crippen molar-refractivity contribution in [1.29, 1.82) is 0 Å². The van der Waals surface area contributed by atoms with E-state index < -0.39 is 0 Å². The third-order valence-corrected chi connectivity index (χ3v) is 4.20. The molecule has 0 aliphatic carbocycles. The Morgan fingerprint density at radius 3 is 2.68 bits per heavy atom. The number of hydrogen-bond donors (Lipinski definition) is 1. The molecular formula is C17H19NO3S. The number of ether oxygens (including phenoxy) is 1. The van der Waals surface area contributed by atoms with Crippen LogP contribution in [0.25, 0.3) is 0 Å². The van der Waals surface area contributed by atoms with E-state index in [1.165, 1.54) is 11.3 Å². The first kappa shape index (κ1) is 16.2. The maximum absolute atomic E-state index is 11.8. The highest BCUT2D eigenvalue weighted by atomic mass is 32.1. The number of Topliss-reactive ketones (excluding diaryl/α,β-unsaturated/α-hetero) is 1. The summed E-state index contributed by atoms with van der Waals surface area (Å²) in [7, 11) is 1.63. The molecule has 4 nitrogen and oxygen atoms in total. The summed E-state index contributed by atoms with van der Waals surface area (Å²) in [5.74, 6) is 0.749. The highest BCUT2D eigenvalue weighted by molar-refractivity contribution is 7.12. The number of rotatable bonds is 8. The number of thiophene rings is 1. The van der Waals surface area contributed by atoms with Crippen LogP contribution in [0.3, 0.4) is 0 Å². The van der Waals surface area contributed by atoms with Gasteiger partial charge in [0.2, 0.25) is 5.91 Å². The van der Waals surface area contributed by atoms with E-state index in [1.54, 1.807) is 13.2 Å². The lowest BCUT2D eigenvalue weighted by molar-refractivity contribution is -0.121. The number of carbonyl (C=O) groups excluding carboxylic acids is 2. The predicted molar refractivity (Wildman–Crippen MR) is 87.6 cm³/mol. The zero-order valence-electron chi connectivity index (χ0n) is 12.5. The second kappa shape index (κ2) is 8.34. The summed E-state index contributed by atoms with van der Waals surface area (Å²) in [6, 6.07) is 11.4. The lowest BCUT2D eigenvalue weighted by Gasteiger charge is -2.09. The van der Waals surface area contributed by atoms with Gasteiger partial charge in [-0.25, -0.2) is 0 Å². The Morgan fingerprint density at radius 1 is 1.14 bits per heavy atom. The van der Waals surface area contributed by atoms with E-state index in [0.717, 1.165) is 11.3 Å². The van der Waals surface area contributed by atoms with Gasteiger partial charge < -0.3 is 10.1 Å². The Balaban J connectivity index is 1.71. The van der Waals surface area contributed by atoms with Gasteiger partial charge in [0, 0.05) is 19.4 Å². The molecule has 0 atom stereocenters. The fraction of sp³-hybridized carbons (Fsp3) is 0.294. The number of para-hydroxylation sites is 1. The van der Waals surface area contributed by atoms with Crippen LogP contribution in [-0.2, 0) is 11.2 Å². The Kier molecular flexibility index (Phi) is 6.15. The summed E-state index contributed by atoms with van der Waals surface area (Å²) in [6.45, 7) is 0.534. The van der Waals surface area contributed by atoms with E-state index in [2.05, 4.69) is 5.32 Å². The molecule has 1 heterocycles. The summed E-state index contributed by atoms with van der Waals surface area (Å²) in [6.07, 6.45) is 1.18. The third-order valence-electron chi connectivity index (χ3n) is 3.28. The second-order valence-corrected chi connectivity index (χ2v) is 5.76. The van der Waals surface area contributed by atoms with Crippen LogP contribution in [0.4, 0.5) is 0 Å². The molecule has 116 valence electrons. The summed E-state index contributed by atoms with van der Waals surface area (Å²) < 4.78 is 5.27. The van der Waals surface area contributed by atoms with Crippen molar-refractivity contribution in [3.63, 3.8) is 0 Å². The van der Waals surface area contributed by atoms with Crippen LogP contribution >= 0.6 is 11.3 Å². The number of carbonyl (C=O) groups is 2. The van der Waals surface area contributed by atoms with Crippen molar-refractivity contribution < 1.29 is 14.3 Å². The van der Waals surface area contributed by atoms with E-state index in [9.17, 15) is 9.59 Å². The zero-order chi connectivity index (χ0) is 15.8. The van der Waals surface area contributed by atoms with E-state index in [4.69, 9.17) is 4.74 Å². The molecule has 2 rings (SSSR count). The van der Waals surface area contributed by atoms with Crippen molar-refractivity contribution in [3.05, 3.63) is 52.2 Å². The molecule has 0 spiro atoms. The van der Waals surface area contributed by atoms with Crippen molar-refractivity contribution in [1.82, 2.24) is 5.32 Å². The number of amides is 1. The molecule has 0 aliphatic rings. The van der Waals surface area contributed by atoms with Gasteiger partial charge in [0.1, 0.15) is 5.75 Å². The predicted octanol–water partition coefficient (Wildman–Crippen LogP) is 3.08. The molecule has 1 aromatic heterocycles. The molecule has 0 bridgehead atoms. The van der Waals surface area contributed by atoms with Crippen molar-refractivity contribution in [2.75, 3.05) is 13.7 Å². The molecule has 0 saturated heterocycles.